The number of amides is 1. The van der Waals surface area contributed by atoms with Crippen LogP contribution in [0.2, 0.25) is 0 Å². The summed E-state index contributed by atoms with van der Waals surface area (Å²) in [7, 11) is 1.70. The van der Waals surface area contributed by atoms with Crippen LogP contribution < -0.4 is 5.32 Å². The van der Waals surface area contributed by atoms with Crippen molar-refractivity contribution in [2.24, 2.45) is 0 Å². The zero-order chi connectivity index (χ0) is 13.5. The Hall–Kier alpha value is -1.55. The fraction of sp³-hybridized carbons (Fsp3) is 0.500. The lowest BCUT2D eigenvalue weighted by Gasteiger charge is -2.19. The number of hydrogen-bond donors (Lipinski definition) is 2. The van der Waals surface area contributed by atoms with Gasteiger partial charge in [0.15, 0.2) is 0 Å². The van der Waals surface area contributed by atoms with Crippen molar-refractivity contribution in [1.82, 2.24) is 4.90 Å². The molecular formula is C14H22N2O2. The van der Waals surface area contributed by atoms with Crippen molar-refractivity contribution in [3.63, 3.8) is 0 Å². The quantitative estimate of drug-likeness (QED) is 0.810. The molecular weight excluding hydrogens is 228 g/mol. The van der Waals surface area contributed by atoms with Crippen LogP contribution in [-0.4, -0.2) is 42.7 Å². The van der Waals surface area contributed by atoms with Gasteiger partial charge < -0.3 is 15.3 Å². The fourth-order valence-corrected chi connectivity index (χ4v) is 1.71. The molecule has 0 atom stereocenters. The average molecular weight is 250 g/mol. The number of anilines is 1. The number of carbonyl (C=O) groups is 1. The topological polar surface area (TPSA) is 52.6 Å². The van der Waals surface area contributed by atoms with Crippen LogP contribution in [0.5, 0.6) is 0 Å². The highest BCUT2D eigenvalue weighted by molar-refractivity contribution is 5.99. The van der Waals surface area contributed by atoms with Crippen molar-refractivity contribution in [1.29, 1.82) is 0 Å². The summed E-state index contributed by atoms with van der Waals surface area (Å²) >= 11 is 0. The minimum absolute atomic E-state index is 0.0220. The second-order valence-electron chi connectivity index (χ2n) is 4.43. The van der Waals surface area contributed by atoms with E-state index < -0.39 is 0 Å². The lowest BCUT2D eigenvalue weighted by molar-refractivity contribution is 0.0768. The highest BCUT2D eigenvalue weighted by Crippen LogP contribution is 2.19. The largest absolute Gasteiger partial charge is 0.395 e. The molecule has 0 aliphatic rings. The number of aryl methyl sites for hydroxylation is 1. The Labute approximate surface area is 109 Å². The summed E-state index contributed by atoms with van der Waals surface area (Å²) in [5.41, 5.74) is 2.58. The van der Waals surface area contributed by atoms with Gasteiger partial charge in [-0.1, -0.05) is 18.6 Å². The van der Waals surface area contributed by atoms with Gasteiger partial charge in [-0.2, -0.15) is 0 Å². The van der Waals surface area contributed by atoms with Gasteiger partial charge in [-0.25, -0.2) is 0 Å². The summed E-state index contributed by atoms with van der Waals surface area (Å²) < 4.78 is 0. The van der Waals surface area contributed by atoms with Crippen LogP contribution in [0.4, 0.5) is 5.69 Å². The zero-order valence-corrected chi connectivity index (χ0v) is 11.4. The predicted octanol–water partition coefficient (Wildman–Crippen LogP) is 1.88. The summed E-state index contributed by atoms with van der Waals surface area (Å²) in [4.78, 5) is 13.8. The first-order valence-electron chi connectivity index (χ1n) is 6.31. The van der Waals surface area contributed by atoms with Gasteiger partial charge in [0.25, 0.3) is 5.91 Å². The third kappa shape index (κ3) is 3.74. The maximum Gasteiger partial charge on any atom is 0.255 e. The molecule has 2 N–H and O–H groups in total. The van der Waals surface area contributed by atoms with E-state index in [1.807, 2.05) is 25.1 Å². The van der Waals surface area contributed by atoms with Gasteiger partial charge >= 0.3 is 0 Å². The first kappa shape index (κ1) is 14.5. The molecule has 0 aromatic heterocycles. The molecule has 4 heteroatoms. The first-order valence-corrected chi connectivity index (χ1v) is 6.31. The molecule has 0 aliphatic carbocycles. The lowest BCUT2D eigenvalue weighted by atomic mass is 10.1. The molecule has 1 aromatic carbocycles. The summed E-state index contributed by atoms with van der Waals surface area (Å²) in [6, 6.07) is 5.81. The number of aliphatic hydroxyl groups is 1. The van der Waals surface area contributed by atoms with E-state index in [1.54, 1.807) is 7.05 Å². The molecule has 0 aliphatic heterocycles. The van der Waals surface area contributed by atoms with Crippen LogP contribution in [0.25, 0.3) is 0 Å². The van der Waals surface area contributed by atoms with Gasteiger partial charge in [-0.15, -0.1) is 0 Å². The van der Waals surface area contributed by atoms with Crippen LogP contribution in [-0.2, 0) is 0 Å². The normalized spacial score (nSPS) is 10.2. The molecule has 0 heterocycles. The van der Waals surface area contributed by atoms with Crippen LogP contribution in [0.1, 0.15) is 29.3 Å². The summed E-state index contributed by atoms with van der Waals surface area (Å²) in [6.45, 7) is 5.21. The Morgan fingerprint density at radius 2 is 2.17 bits per heavy atom. The molecule has 1 amide bonds. The highest BCUT2D eigenvalue weighted by atomic mass is 16.3. The second-order valence-corrected chi connectivity index (χ2v) is 4.43. The van der Waals surface area contributed by atoms with Crippen LogP contribution >= 0.6 is 0 Å². The van der Waals surface area contributed by atoms with E-state index in [1.165, 1.54) is 4.90 Å². The number of nitrogens with one attached hydrogen (secondary N) is 1. The van der Waals surface area contributed by atoms with E-state index in [2.05, 4.69) is 12.2 Å². The predicted molar refractivity (Wildman–Crippen MR) is 74.0 cm³/mol. The van der Waals surface area contributed by atoms with E-state index in [4.69, 9.17) is 5.11 Å². The van der Waals surface area contributed by atoms with Crippen molar-refractivity contribution >= 4 is 11.6 Å². The number of rotatable bonds is 6. The van der Waals surface area contributed by atoms with Crippen molar-refractivity contribution < 1.29 is 9.90 Å². The van der Waals surface area contributed by atoms with Crippen LogP contribution in [0.3, 0.4) is 0 Å². The molecule has 0 unspecified atom stereocenters. The smallest absolute Gasteiger partial charge is 0.255 e. The minimum atomic E-state index is -0.0636. The number of nitrogens with zero attached hydrogens (tertiary/aromatic N) is 1. The number of hydrogen-bond acceptors (Lipinski definition) is 3. The number of carbonyl (C=O) groups excluding carboxylic acids is 1. The van der Waals surface area contributed by atoms with Crippen molar-refractivity contribution in [2.45, 2.75) is 20.3 Å². The van der Waals surface area contributed by atoms with E-state index in [-0.39, 0.29) is 12.5 Å². The van der Waals surface area contributed by atoms with Crippen LogP contribution in [0.15, 0.2) is 18.2 Å². The molecule has 1 rings (SSSR count). The molecule has 0 radical (unpaired) electrons. The molecule has 0 fully saturated rings. The number of benzene rings is 1. The van der Waals surface area contributed by atoms with Gasteiger partial charge in [0, 0.05) is 25.8 Å². The molecule has 0 saturated carbocycles. The maximum absolute atomic E-state index is 12.2. The van der Waals surface area contributed by atoms with Gasteiger partial charge in [-0.3, -0.25) is 4.79 Å². The summed E-state index contributed by atoms with van der Waals surface area (Å²) in [5, 5.41) is 12.1. The molecule has 1 aromatic rings. The summed E-state index contributed by atoms with van der Waals surface area (Å²) in [5.74, 6) is -0.0636. The van der Waals surface area contributed by atoms with E-state index in [0.717, 1.165) is 24.2 Å². The molecule has 0 bridgehead atoms. The third-order valence-corrected chi connectivity index (χ3v) is 2.75. The molecule has 0 saturated heterocycles. The maximum atomic E-state index is 12.2. The van der Waals surface area contributed by atoms with Crippen molar-refractivity contribution in [3.05, 3.63) is 29.3 Å². The summed E-state index contributed by atoms with van der Waals surface area (Å²) in [6.07, 6.45) is 1.01. The fourth-order valence-electron chi connectivity index (χ4n) is 1.71. The SMILES string of the molecule is CCCNc1ccc(C)cc1C(=O)N(C)CCO. The minimum Gasteiger partial charge on any atom is -0.395 e. The molecule has 100 valence electrons. The Morgan fingerprint density at radius 1 is 1.44 bits per heavy atom. The highest BCUT2D eigenvalue weighted by Gasteiger charge is 2.15. The molecule has 4 nitrogen and oxygen atoms in total. The monoisotopic (exact) mass is 250 g/mol. The first-order chi connectivity index (χ1) is 8.60. The standard InChI is InChI=1S/C14H22N2O2/c1-4-7-15-13-6-5-11(2)10-12(13)14(18)16(3)8-9-17/h5-6,10,15,17H,4,7-9H2,1-3H3. The van der Waals surface area contributed by atoms with Gasteiger partial charge in [0.2, 0.25) is 0 Å². The Kier molecular flexibility index (Phi) is 5.65. The molecule has 0 spiro atoms. The van der Waals surface area contributed by atoms with Crippen molar-refractivity contribution in [2.75, 3.05) is 32.1 Å². The lowest BCUT2D eigenvalue weighted by Crippen LogP contribution is -2.30. The molecule has 18 heavy (non-hydrogen) atoms. The Bertz CT molecular complexity index is 405. The van der Waals surface area contributed by atoms with Crippen LogP contribution in [0, 0.1) is 6.92 Å². The van der Waals surface area contributed by atoms with Gasteiger partial charge in [-0.05, 0) is 25.5 Å². The second kappa shape index (κ2) is 7.01. The zero-order valence-electron chi connectivity index (χ0n) is 11.4. The van der Waals surface area contributed by atoms with Gasteiger partial charge in [0.05, 0.1) is 12.2 Å². The van der Waals surface area contributed by atoms with Gasteiger partial charge in [0.1, 0.15) is 0 Å². The number of aliphatic hydroxyl groups excluding tert-OH is 1. The van der Waals surface area contributed by atoms with E-state index in [9.17, 15) is 4.79 Å². The Balaban J connectivity index is 2.96. The third-order valence-electron chi connectivity index (χ3n) is 2.75. The average Bonchev–Trinajstić information content (AvgIpc) is 2.36. The number of likely N-dealkylation sites (N-methyl/N-ethyl adjacent to an activating group) is 1. The Morgan fingerprint density at radius 3 is 2.78 bits per heavy atom. The van der Waals surface area contributed by atoms with Crippen molar-refractivity contribution in [3.8, 4) is 0 Å². The van der Waals surface area contributed by atoms with E-state index in [0.29, 0.717) is 12.1 Å². The van der Waals surface area contributed by atoms with E-state index >= 15 is 0 Å².